The van der Waals surface area contributed by atoms with Crippen LogP contribution in [0.3, 0.4) is 0 Å². The fourth-order valence-electron chi connectivity index (χ4n) is 3.09. The Hall–Kier alpha value is -0.0800. The van der Waals surface area contributed by atoms with Crippen molar-refractivity contribution in [2.24, 2.45) is 11.7 Å². The van der Waals surface area contributed by atoms with Gasteiger partial charge in [-0.1, -0.05) is 33.6 Å². The van der Waals surface area contributed by atoms with Gasteiger partial charge in [0.25, 0.3) is 0 Å². The van der Waals surface area contributed by atoms with Crippen molar-refractivity contribution >= 4 is 0 Å². The third kappa shape index (κ3) is 3.74. The summed E-state index contributed by atoms with van der Waals surface area (Å²) in [6.45, 7) is 11.4. The minimum absolute atomic E-state index is 0.0805. The summed E-state index contributed by atoms with van der Waals surface area (Å²) in [5, 5.41) is 0. The molecule has 2 heteroatoms. The van der Waals surface area contributed by atoms with Crippen LogP contribution < -0.4 is 5.73 Å². The van der Waals surface area contributed by atoms with Gasteiger partial charge in [-0.2, -0.15) is 0 Å². The molecule has 1 rings (SSSR count). The number of nitrogens with zero attached hydrogens (tertiary/aromatic N) is 1. The summed E-state index contributed by atoms with van der Waals surface area (Å²) >= 11 is 0. The van der Waals surface area contributed by atoms with E-state index in [2.05, 4.69) is 32.6 Å². The first-order chi connectivity index (χ1) is 7.50. The Kier molecular flexibility index (Phi) is 5.26. The van der Waals surface area contributed by atoms with Crippen LogP contribution in [-0.2, 0) is 0 Å². The van der Waals surface area contributed by atoms with E-state index in [1.165, 1.54) is 32.1 Å². The predicted octanol–water partition coefficient (Wildman–Crippen LogP) is 3.01. The van der Waals surface area contributed by atoms with Crippen molar-refractivity contribution in [2.45, 2.75) is 71.4 Å². The van der Waals surface area contributed by atoms with Crippen molar-refractivity contribution < 1.29 is 0 Å². The minimum Gasteiger partial charge on any atom is -0.324 e. The summed E-state index contributed by atoms with van der Waals surface area (Å²) in [6.07, 6.45) is 6.33. The summed E-state index contributed by atoms with van der Waals surface area (Å²) in [5.41, 5.74) is 6.66. The van der Waals surface area contributed by atoms with Crippen LogP contribution in [0, 0.1) is 5.92 Å². The average molecular weight is 226 g/mol. The van der Waals surface area contributed by atoms with Crippen LogP contribution in [0.25, 0.3) is 0 Å². The van der Waals surface area contributed by atoms with Crippen LogP contribution >= 0.6 is 0 Å². The van der Waals surface area contributed by atoms with E-state index in [4.69, 9.17) is 5.73 Å². The summed E-state index contributed by atoms with van der Waals surface area (Å²) < 4.78 is 0. The zero-order valence-electron chi connectivity index (χ0n) is 11.6. The predicted molar refractivity (Wildman–Crippen MR) is 71.6 cm³/mol. The van der Waals surface area contributed by atoms with Crippen molar-refractivity contribution in [3.63, 3.8) is 0 Å². The average Bonchev–Trinajstić information content (AvgIpc) is 2.24. The number of likely N-dealkylation sites (N-methyl/N-ethyl adjacent to an activating group) is 1. The number of hydrogen-bond donors (Lipinski definition) is 1. The van der Waals surface area contributed by atoms with E-state index in [-0.39, 0.29) is 5.54 Å². The zero-order valence-corrected chi connectivity index (χ0v) is 11.6. The van der Waals surface area contributed by atoms with E-state index in [1.54, 1.807) is 0 Å². The molecule has 3 unspecified atom stereocenters. The van der Waals surface area contributed by atoms with E-state index in [9.17, 15) is 0 Å². The molecule has 0 aromatic rings. The summed E-state index contributed by atoms with van der Waals surface area (Å²) in [6, 6.07) is 0.669. The second kappa shape index (κ2) is 6.02. The molecule has 0 aromatic heterocycles. The number of hydrogen-bond acceptors (Lipinski definition) is 2. The monoisotopic (exact) mass is 226 g/mol. The lowest BCUT2D eigenvalue weighted by molar-refractivity contribution is 0.124. The topological polar surface area (TPSA) is 29.3 Å². The SMILES string of the molecule is CCC(C)N(CC)CC1(N)CCCC(C)C1. The molecule has 0 heterocycles. The van der Waals surface area contributed by atoms with Gasteiger partial charge in [0.05, 0.1) is 0 Å². The van der Waals surface area contributed by atoms with Gasteiger partial charge in [0, 0.05) is 18.1 Å². The molecule has 0 saturated heterocycles. The van der Waals surface area contributed by atoms with Gasteiger partial charge in [0.2, 0.25) is 0 Å². The Bertz CT molecular complexity index is 205. The molecular formula is C14H30N2. The Morgan fingerprint density at radius 2 is 2.12 bits per heavy atom. The molecule has 3 atom stereocenters. The van der Waals surface area contributed by atoms with Gasteiger partial charge in [0.1, 0.15) is 0 Å². The summed E-state index contributed by atoms with van der Waals surface area (Å²) in [4.78, 5) is 2.55. The van der Waals surface area contributed by atoms with Gasteiger partial charge in [0.15, 0.2) is 0 Å². The van der Waals surface area contributed by atoms with Crippen LogP contribution in [0.1, 0.15) is 59.8 Å². The Labute approximate surface area is 102 Å². The molecule has 2 nitrogen and oxygen atoms in total. The lowest BCUT2D eigenvalue weighted by atomic mass is 9.76. The molecule has 0 radical (unpaired) electrons. The van der Waals surface area contributed by atoms with E-state index < -0.39 is 0 Å². The van der Waals surface area contributed by atoms with E-state index >= 15 is 0 Å². The fourth-order valence-corrected chi connectivity index (χ4v) is 3.09. The van der Waals surface area contributed by atoms with Crippen molar-refractivity contribution in [3.05, 3.63) is 0 Å². The maximum absolute atomic E-state index is 6.58. The Morgan fingerprint density at radius 3 is 2.62 bits per heavy atom. The van der Waals surface area contributed by atoms with Crippen molar-refractivity contribution in [2.75, 3.05) is 13.1 Å². The van der Waals surface area contributed by atoms with Crippen molar-refractivity contribution in [1.82, 2.24) is 4.90 Å². The third-order valence-electron chi connectivity index (χ3n) is 4.26. The first kappa shape index (κ1) is 14.0. The number of nitrogens with two attached hydrogens (primary N) is 1. The molecule has 2 N–H and O–H groups in total. The highest BCUT2D eigenvalue weighted by Crippen LogP contribution is 2.31. The highest BCUT2D eigenvalue weighted by Gasteiger charge is 2.33. The standard InChI is InChI=1S/C14H30N2/c1-5-13(4)16(6-2)11-14(15)9-7-8-12(3)10-14/h12-13H,5-11,15H2,1-4H3. The molecule has 0 aromatic carbocycles. The maximum atomic E-state index is 6.58. The van der Waals surface area contributed by atoms with Crippen LogP contribution in [0.2, 0.25) is 0 Å². The van der Waals surface area contributed by atoms with Gasteiger partial charge >= 0.3 is 0 Å². The molecule has 0 amide bonds. The first-order valence-electron chi connectivity index (χ1n) is 7.03. The van der Waals surface area contributed by atoms with Crippen molar-refractivity contribution in [3.8, 4) is 0 Å². The Balaban J connectivity index is 2.55. The molecule has 1 saturated carbocycles. The van der Waals surface area contributed by atoms with E-state index in [0.717, 1.165) is 19.0 Å². The second-order valence-corrected chi connectivity index (χ2v) is 5.88. The maximum Gasteiger partial charge on any atom is 0.0286 e. The quantitative estimate of drug-likeness (QED) is 0.781. The minimum atomic E-state index is 0.0805. The second-order valence-electron chi connectivity index (χ2n) is 5.88. The van der Waals surface area contributed by atoms with Gasteiger partial charge in [-0.15, -0.1) is 0 Å². The summed E-state index contributed by atoms with van der Waals surface area (Å²) in [5.74, 6) is 0.814. The molecule has 0 aliphatic heterocycles. The van der Waals surface area contributed by atoms with Crippen LogP contribution in [0.4, 0.5) is 0 Å². The first-order valence-corrected chi connectivity index (χ1v) is 7.03. The normalized spacial score (nSPS) is 33.0. The highest BCUT2D eigenvalue weighted by molar-refractivity contribution is 4.92. The number of rotatable bonds is 5. The largest absolute Gasteiger partial charge is 0.324 e. The smallest absolute Gasteiger partial charge is 0.0286 e. The molecule has 1 aliphatic carbocycles. The molecule has 16 heavy (non-hydrogen) atoms. The fraction of sp³-hybridized carbons (Fsp3) is 1.00. The van der Waals surface area contributed by atoms with Crippen LogP contribution in [0.5, 0.6) is 0 Å². The molecule has 96 valence electrons. The van der Waals surface area contributed by atoms with Gasteiger partial charge in [-0.05, 0) is 38.6 Å². The van der Waals surface area contributed by atoms with Gasteiger partial charge in [-0.25, -0.2) is 0 Å². The van der Waals surface area contributed by atoms with Crippen LogP contribution in [-0.4, -0.2) is 29.6 Å². The molecule has 1 aliphatic rings. The molecular weight excluding hydrogens is 196 g/mol. The Morgan fingerprint density at radius 1 is 1.44 bits per heavy atom. The lowest BCUT2D eigenvalue weighted by Gasteiger charge is -2.42. The lowest BCUT2D eigenvalue weighted by Crippen LogP contribution is -2.54. The van der Waals surface area contributed by atoms with Crippen LogP contribution in [0.15, 0.2) is 0 Å². The molecule has 1 fully saturated rings. The molecule has 0 bridgehead atoms. The molecule has 0 spiro atoms. The third-order valence-corrected chi connectivity index (χ3v) is 4.26. The van der Waals surface area contributed by atoms with E-state index in [0.29, 0.717) is 6.04 Å². The van der Waals surface area contributed by atoms with E-state index in [1.807, 2.05) is 0 Å². The zero-order chi connectivity index (χ0) is 12.2. The van der Waals surface area contributed by atoms with Gasteiger partial charge < -0.3 is 5.73 Å². The summed E-state index contributed by atoms with van der Waals surface area (Å²) in [7, 11) is 0. The van der Waals surface area contributed by atoms with Gasteiger partial charge in [-0.3, -0.25) is 4.90 Å². The van der Waals surface area contributed by atoms with Crippen molar-refractivity contribution in [1.29, 1.82) is 0 Å². The highest BCUT2D eigenvalue weighted by atomic mass is 15.2.